The summed E-state index contributed by atoms with van der Waals surface area (Å²) < 4.78 is 5.90. The number of fused-ring (bicyclic) bond motifs is 1. The molecule has 0 aliphatic heterocycles. The number of carbonyl (C=O) groups is 3. The Labute approximate surface area is 191 Å². The van der Waals surface area contributed by atoms with Gasteiger partial charge in [0, 0.05) is 24.2 Å². The van der Waals surface area contributed by atoms with Crippen molar-refractivity contribution >= 4 is 78.7 Å². The van der Waals surface area contributed by atoms with Crippen molar-refractivity contribution in [3.05, 3.63) is 49.1 Å². The topological polar surface area (TPSA) is 75.7 Å². The molecule has 0 saturated carbocycles. The molecule has 30 heavy (non-hydrogen) atoms. The second-order valence-corrected chi connectivity index (χ2v) is 9.35. The summed E-state index contributed by atoms with van der Waals surface area (Å²) in [6.45, 7) is 3.50. The van der Waals surface area contributed by atoms with Crippen LogP contribution in [0.5, 0.6) is 0 Å². The molecule has 158 valence electrons. The third-order valence-corrected chi connectivity index (χ3v) is 7.42. The van der Waals surface area contributed by atoms with Crippen LogP contribution in [0.3, 0.4) is 0 Å². The predicted molar refractivity (Wildman–Crippen MR) is 123 cm³/mol. The zero-order chi connectivity index (χ0) is 22.2. The molecule has 1 aromatic carbocycles. The van der Waals surface area contributed by atoms with E-state index in [1.807, 2.05) is 6.07 Å². The third kappa shape index (κ3) is 4.05. The van der Waals surface area contributed by atoms with Crippen molar-refractivity contribution in [3.8, 4) is 0 Å². The first-order valence-corrected chi connectivity index (χ1v) is 11.3. The summed E-state index contributed by atoms with van der Waals surface area (Å²) in [6.07, 6.45) is 0. The first-order chi connectivity index (χ1) is 14.2. The van der Waals surface area contributed by atoms with Gasteiger partial charge in [0.2, 0.25) is 0 Å². The maximum absolute atomic E-state index is 13.0. The number of esters is 1. The van der Waals surface area contributed by atoms with E-state index in [2.05, 4.69) is 5.32 Å². The van der Waals surface area contributed by atoms with Gasteiger partial charge in [-0.1, -0.05) is 29.3 Å². The van der Waals surface area contributed by atoms with E-state index in [1.54, 1.807) is 40.1 Å². The molecule has 0 aliphatic rings. The van der Waals surface area contributed by atoms with Gasteiger partial charge in [-0.15, -0.1) is 22.7 Å². The Morgan fingerprint density at radius 3 is 2.43 bits per heavy atom. The second kappa shape index (κ2) is 8.93. The number of nitrogens with one attached hydrogen (secondary N) is 1. The van der Waals surface area contributed by atoms with Gasteiger partial charge in [0.05, 0.1) is 27.1 Å². The molecule has 1 N–H and O–H groups in total. The number of carbonyl (C=O) groups excluding carboxylic acids is 3. The van der Waals surface area contributed by atoms with Crippen LogP contribution in [0.25, 0.3) is 10.1 Å². The van der Waals surface area contributed by atoms with Crippen LogP contribution in [0.4, 0.5) is 5.00 Å². The van der Waals surface area contributed by atoms with Crippen LogP contribution in [0.1, 0.15) is 42.2 Å². The fourth-order valence-electron chi connectivity index (χ4n) is 2.83. The number of hydrogen-bond donors (Lipinski definition) is 1. The van der Waals surface area contributed by atoms with Gasteiger partial charge in [-0.25, -0.2) is 4.79 Å². The molecule has 0 spiro atoms. The zero-order valence-corrected chi connectivity index (χ0v) is 19.7. The molecule has 6 nitrogen and oxygen atoms in total. The molecule has 0 fully saturated rings. The lowest BCUT2D eigenvalue weighted by atomic mass is 10.1. The first kappa shape index (κ1) is 22.6. The third-order valence-electron chi connectivity index (χ3n) is 4.27. The molecule has 0 atom stereocenters. The van der Waals surface area contributed by atoms with Crippen LogP contribution in [0, 0.1) is 6.92 Å². The fourth-order valence-corrected chi connectivity index (χ4v) is 5.90. The van der Waals surface area contributed by atoms with E-state index in [1.165, 1.54) is 16.2 Å². The number of anilines is 1. The second-order valence-electron chi connectivity index (χ2n) is 6.49. The first-order valence-electron chi connectivity index (χ1n) is 8.87. The van der Waals surface area contributed by atoms with Crippen LogP contribution < -0.4 is 5.32 Å². The number of halogens is 2. The summed E-state index contributed by atoms with van der Waals surface area (Å²) in [5.41, 5.74) is 0.619. The Balaban J connectivity index is 2.05. The van der Waals surface area contributed by atoms with Crippen molar-refractivity contribution in [2.24, 2.45) is 0 Å². The Kier molecular flexibility index (Phi) is 6.71. The highest BCUT2D eigenvalue weighted by atomic mass is 35.5. The lowest BCUT2D eigenvalue weighted by Gasteiger charge is -2.09. The Morgan fingerprint density at radius 1 is 1.13 bits per heavy atom. The average Bonchev–Trinajstić information content (AvgIpc) is 3.19. The van der Waals surface area contributed by atoms with Gasteiger partial charge >= 0.3 is 5.97 Å². The highest BCUT2D eigenvalue weighted by Crippen LogP contribution is 2.41. The standard InChI is InChI=1S/C20H18Cl2N2O4S2/c1-5-28-20(27)12-9(2)15(19(26)24(3)4)30-18(12)23-17(25)16-14(22)13-10(21)7-6-8-11(13)29-16/h6-8H,5H2,1-4H3,(H,23,25). The van der Waals surface area contributed by atoms with Crippen LogP contribution >= 0.6 is 45.9 Å². The van der Waals surface area contributed by atoms with E-state index < -0.39 is 11.9 Å². The number of rotatable bonds is 5. The fraction of sp³-hybridized carbons (Fsp3) is 0.250. The zero-order valence-electron chi connectivity index (χ0n) is 16.6. The number of thiophene rings is 2. The smallest absolute Gasteiger partial charge is 0.341 e. The van der Waals surface area contributed by atoms with E-state index in [0.717, 1.165) is 16.0 Å². The number of hydrogen-bond acceptors (Lipinski definition) is 6. The lowest BCUT2D eigenvalue weighted by Crippen LogP contribution is -2.21. The van der Waals surface area contributed by atoms with Gasteiger partial charge in [-0.05, 0) is 31.5 Å². The molecule has 3 rings (SSSR count). The van der Waals surface area contributed by atoms with Gasteiger partial charge in [-0.3, -0.25) is 9.59 Å². The number of amides is 2. The summed E-state index contributed by atoms with van der Waals surface area (Å²) in [7, 11) is 3.23. The van der Waals surface area contributed by atoms with Crippen molar-refractivity contribution in [3.63, 3.8) is 0 Å². The van der Waals surface area contributed by atoms with E-state index >= 15 is 0 Å². The molecule has 10 heteroatoms. The predicted octanol–water partition coefficient (Wildman–Crippen LogP) is 5.71. The van der Waals surface area contributed by atoms with Gasteiger partial charge < -0.3 is 15.0 Å². The summed E-state index contributed by atoms with van der Waals surface area (Å²) in [6, 6.07) is 5.30. The lowest BCUT2D eigenvalue weighted by molar-refractivity contribution is 0.0527. The highest BCUT2D eigenvalue weighted by molar-refractivity contribution is 7.22. The maximum atomic E-state index is 13.0. The van der Waals surface area contributed by atoms with Crippen molar-refractivity contribution in [1.82, 2.24) is 4.90 Å². The minimum Gasteiger partial charge on any atom is -0.462 e. The van der Waals surface area contributed by atoms with Crippen molar-refractivity contribution in [1.29, 1.82) is 0 Å². The molecule has 0 bridgehead atoms. The van der Waals surface area contributed by atoms with Gasteiger partial charge in [0.15, 0.2) is 0 Å². The van der Waals surface area contributed by atoms with Gasteiger partial charge in [0.25, 0.3) is 11.8 Å². The minimum absolute atomic E-state index is 0.163. The summed E-state index contributed by atoms with van der Waals surface area (Å²) in [5.74, 6) is -1.37. The average molecular weight is 485 g/mol. The molecule has 0 radical (unpaired) electrons. The minimum atomic E-state index is -0.607. The van der Waals surface area contributed by atoms with E-state index in [4.69, 9.17) is 27.9 Å². The van der Waals surface area contributed by atoms with E-state index in [9.17, 15) is 14.4 Å². The molecule has 2 aromatic heterocycles. The molecule has 2 amide bonds. The molecule has 0 unspecified atom stereocenters. The van der Waals surface area contributed by atoms with E-state index in [-0.39, 0.29) is 33.0 Å². The highest BCUT2D eigenvalue weighted by Gasteiger charge is 2.28. The molecular formula is C20H18Cl2N2O4S2. The van der Waals surface area contributed by atoms with Crippen LogP contribution in [0.15, 0.2) is 18.2 Å². The van der Waals surface area contributed by atoms with E-state index in [0.29, 0.717) is 20.8 Å². The number of benzene rings is 1. The molecular weight excluding hydrogens is 467 g/mol. The van der Waals surface area contributed by atoms with Crippen molar-refractivity contribution in [2.45, 2.75) is 13.8 Å². The molecule has 0 aliphatic carbocycles. The SMILES string of the molecule is CCOC(=O)c1c(NC(=O)c2sc3cccc(Cl)c3c2Cl)sc(C(=O)N(C)C)c1C. The normalized spacial score (nSPS) is 10.9. The van der Waals surface area contributed by atoms with Crippen LogP contribution in [0.2, 0.25) is 10.0 Å². The summed E-state index contributed by atoms with van der Waals surface area (Å²) in [4.78, 5) is 40.1. The Morgan fingerprint density at radius 2 is 1.83 bits per heavy atom. The molecule has 0 saturated heterocycles. The maximum Gasteiger partial charge on any atom is 0.341 e. The number of nitrogens with zero attached hydrogens (tertiary/aromatic N) is 1. The van der Waals surface area contributed by atoms with Gasteiger partial charge in [-0.2, -0.15) is 0 Å². The monoisotopic (exact) mass is 484 g/mol. The van der Waals surface area contributed by atoms with Crippen molar-refractivity contribution in [2.75, 3.05) is 26.0 Å². The summed E-state index contributed by atoms with van der Waals surface area (Å²) in [5, 5.41) is 4.27. The Bertz CT molecular complexity index is 1170. The quantitative estimate of drug-likeness (QED) is 0.470. The van der Waals surface area contributed by atoms with Gasteiger partial charge in [0.1, 0.15) is 9.88 Å². The van der Waals surface area contributed by atoms with Crippen LogP contribution in [-0.2, 0) is 4.74 Å². The van der Waals surface area contributed by atoms with Crippen LogP contribution in [-0.4, -0.2) is 43.4 Å². The number of ether oxygens (including phenoxy) is 1. The Hall–Kier alpha value is -2.13. The molecule has 3 aromatic rings. The largest absolute Gasteiger partial charge is 0.462 e. The van der Waals surface area contributed by atoms with Crippen molar-refractivity contribution < 1.29 is 19.1 Å². The summed E-state index contributed by atoms with van der Waals surface area (Å²) >= 11 is 14.9. The molecule has 2 heterocycles.